The second kappa shape index (κ2) is 16.2. The molecule has 0 spiro atoms. The van der Waals surface area contributed by atoms with Gasteiger partial charge in [0.2, 0.25) is 11.4 Å². The molecule has 2 aliphatic heterocycles. The lowest BCUT2D eigenvalue weighted by molar-refractivity contribution is -0.0457. The predicted octanol–water partition coefficient (Wildman–Crippen LogP) is 4.64. The first-order chi connectivity index (χ1) is 26.1. The minimum atomic E-state index is -0.816. The van der Waals surface area contributed by atoms with Gasteiger partial charge in [-0.25, -0.2) is 9.59 Å². The monoisotopic (exact) mass is 740 g/mol. The molecule has 2 saturated heterocycles. The highest BCUT2D eigenvalue weighted by Crippen LogP contribution is 2.32. The van der Waals surface area contributed by atoms with Gasteiger partial charge in [0.15, 0.2) is 0 Å². The van der Waals surface area contributed by atoms with Gasteiger partial charge in [-0.3, -0.25) is 9.13 Å². The van der Waals surface area contributed by atoms with Crippen LogP contribution >= 0.6 is 0 Å². The Balaban J connectivity index is 0.000000168. The molecule has 6 heterocycles. The number of hydrogen-bond donors (Lipinski definition) is 4. The summed E-state index contributed by atoms with van der Waals surface area (Å²) >= 11 is 0. The van der Waals surface area contributed by atoms with E-state index >= 15 is 0 Å². The van der Waals surface area contributed by atoms with Crippen molar-refractivity contribution in [1.29, 1.82) is 0 Å². The summed E-state index contributed by atoms with van der Waals surface area (Å²) in [5.74, 6) is 1.27. The summed E-state index contributed by atoms with van der Waals surface area (Å²) in [5, 5.41) is 39.6. The van der Waals surface area contributed by atoms with E-state index in [0.717, 1.165) is 23.1 Å². The van der Waals surface area contributed by atoms with Gasteiger partial charge in [0.05, 0.1) is 36.2 Å². The van der Waals surface area contributed by atoms with Crippen LogP contribution in [0.15, 0.2) is 91.5 Å². The van der Waals surface area contributed by atoms with E-state index in [-0.39, 0.29) is 37.5 Å². The predicted molar refractivity (Wildman–Crippen MR) is 199 cm³/mol. The molecule has 6 aromatic rings. The van der Waals surface area contributed by atoms with Crippen LogP contribution in [0.25, 0.3) is 44.8 Å². The number of rotatable bonds is 10. The molecule has 6 atom stereocenters. The van der Waals surface area contributed by atoms with Crippen molar-refractivity contribution in [2.24, 2.45) is 0 Å². The largest absolute Gasteiger partial charge is 0.437 e. The fraction of sp³-hybridized carbons (Fsp3) is 0.400. The Morgan fingerprint density at radius 3 is 1.59 bits per heavy atom. The standard InChI is InChI=1S/C22H26N2O5.C18H18N2O5/c1-2-3-4-5-14-6-8-15(9-7-14)18-10-16-12-24(22(27)23-21(16)29-18)20-11-17(26)19(13-25)28-20;1-10-2-4-11(5-3-10)14-6-12-8-20(18(23)19-17(12)25-14)16-7-13(22)15(9-21)24-16/h6-10,12,17,19-20,25-26H,2-5,11,13H2,1H3;2-6,8,13,15-16,21-22H,7,9H2,1H3. The van der Waals surface area contributed by atoms with E-state index in [1.54, 1.807) is 12.4 Å². The van der Waals surface area contributed by atoms with Gasteiger partial charge >= 0.3 is 11.4 Å². The maximum atomic E-state index is 12.4. The smallest absolute Gasteiger partial charge is 0.353 e. The van der Waals surface area contributed by atoms with Gasteiger partial charge in [-0.15, -0.1) is 0 Å². The minimum Gasteiger partial charge on any atom is -0.437 e. The number of aliphatic hydroxyl groups is 4. The SMILES string of the molecule is CCCCCc1ccc(-c2cc3cn(C4CC(O)C(CO)O4)c(=O)nc3o2)cc1.Cc1ccc(-c2cc3cn(C4CC(O)C(CO)O4)c(=O)nc3o2)cc1. The summed E-state index contributed by atoms with van der Waals surface area (Å²) in [7, 11) is 0. The third kappa shape index (κ3) is 7.94. The average molecular weight is 741 g/mol. The Kier molecular flexibility index (Phi) is 11.2. The van der Waals surface area contributed by atoms with Crippen LogP contribution in [0.5, 0.6) is 0 Å². The van der Waals surface area contributed by atoms with Gasteiger partial charge in [-0.2, -0.15) is 9.97 Å². The Hall–Kier alpha value is -4.96. The first-order valence-electron chi connectivity index (χ1n) is 18.2. The Bertz CT molecular complexity index is 2310. The molecule has 0 saturated carbocycles. The summed E-state index contributed by atoms with van der Waals surface area (Å²) in [5.41, 5.74) is 3.76. The number of hydrogen-bond acceptors (Lipinski definition) is 12. The fourth-order valence-corrected chi connectivity index (χ4v) is 6.78. The summed E-state index contributed by atoms with van der Waals surface area (Å²) in [6.07, 6.45) is 4.05. The average Bonchev–Trinajstić information content (AvgIpc) is 3.96. The summed E-state index contributed by atoms with van der Waals surface area (Å²) in [6.45, 7) is 3.60. The lowest BCUT2D eigenvalue weighted by Crippen LogP contribution is -2.27. The van der Waals surface area contributed by atoms with Gasteiger partial charge in [-0.05, 0) is 37.5 Å². The van der Waals surface area contributed by atoms with Gasteiger partial charge < -0.3 is 38.7 Å². The number of fused-ring (bicyclic) bond motifs is 2. The molecule has 54 heavy (non-hydrogen) atoms. The zero-order valence-corrected chi connectivity index (χ0v) is 30.1. The van der Waals surface area contributed by atoms with Crippen LogP contribution in [0.3, 0.4) is 0 Å². The van der Waals surface area contributed by atoms with Crippen LogP contribution in [0.1, 0.15) is 62.6 Å². The van der Waals surface area contributed by atoms with Crippen molar-refractivity contribution in [2.45, 2.75) is 89.2 Å². The molecule has 8 rings (SSSR count). The first-order valence-corrected chi connectivity index (χ1v) is 18.2. The number of unbranched alkanes of at least 4 members (excludes halogenated alkanes) is 2. The Labute approximate surface area is 309 Å². The maximum Gasteiger partial charge on any atom is 0.353 e. The quantitative estimate of drug-likeness (QED) is 0.142. The zero-order chi connectivity index (χ0) is 37.9. The van der Waals surface area contributed by atoms with Crippen LogP contribution in [0.4, 0.5) is 0 Å². The van der Waals surface area contributed by atoms with E-state index in [1.807, 2.05) is 55.5 Å². The lowest BCUT2D eigenvalue weighted by Gasteiger charge is -2.13. The molecule has 4 N–H and O–H groups in total. The van der Waals surface area contributed by atoms with Crippen molar-refractivity contribution in [3.63, 3.8) is 0 Å². The molecule has 284 valence electrons. The van der Waals surface area contributed by atoms with Crippen LogP contribution in [-0.2, 0) is 15.9 Å². The van der Waals surface area contributed by atoms with E-state index in [0.29, 0.717) is 22.3 Å². The van der Waals surface area contributed by atoms with Crippen molar-refractivity contribution in [3.05, 3.63) is 105 Å². The molecule has 2 fully saturated rings. The van der Waals surface area contributed by atoms with Crippen molar-refractivity contribution in [2.75, 3.05) is 13.2 Å². The van der Waals surface area contributed by atoms with Crippen molar-refractivity contribution >= 4 is 22.2 Å². The molecule has 6 unspecified atom stereocenters. The highest BCUT2D eigenvalue weighted by Gasteiger charge is 2.36. The van der Waals surface area contributed by atoms with Crippen LogP contribution in [0.2, 0.25) is 0 Å². The number of aliphatic hydroxyl groups excluding tert-OH is 4. The molecule has 14 nitrogen and oxygen atoms in total. The molecule has 0 aliphatic carbocycles. The second-order valence-electron chi connectivity index (χ2n) is 13.9. The Morgan fingerprint density at radius 1 is 0.704 bits per heavy atom. The Morgan fingerprint density at radius 2 is 1.17 bits per heavy atom. The van der Waals surface area contributed by atoms with E-state index in [1.165, 1.54) is 34.0 Å². The highest BCUT2D eigenvalue weighted by molar-refractivity contribution is 5.80. The molecule has 2 aromatic carbocycles. The van der Waals surface area contributed by atoms with Crippen molar-refractivity contribution < 1.29 is 38.7 Å². The zero-order valence-electron chi connectivity index (χ0n) is 30.1. The number of furan rings is 2. The number of aryl methyl sites for hydroxylation is 2. The molecular weight excluding hydrogens is 696 g/mol. The van der Waals surface area contributed by atoms with Gasteiger partial charge in [0.1, 0.15) is 36.2 Å². The van der Waals surface area contributed by atoms with Crippen molar-refractivity contribution in [3.8, 4) is 22.6 Å². The number of ether oxygens (including phenoxy) is 2. The van der Waals surface area contributed by atoms with E-state index < -0.39 is 48.3 Å². The topological polar surface area (TPSA) is 195 Å². The summed E-state index contributed by atoms with van der Waals surface area (Å²) in [4.78, 5) is 32.7. The van der Waals surface area contributed by atoms with Crippen LogP contribution in [0, 0.1) is 6.92 Å². The molecule has 0 radical (unpaired) electrons. The fourth-order valence-electron chi connectivity index (χ4n) is 6.78. The third-order valence-corrected chi connectivity index (χ3v) is 9.91. The normalized spacial score (nSPS) is 22.6. The maximum absolute atomic E-state index is 12.4. The second-order valence-corrected chi connectivity index (χ2v) is 13.9. The van der Waals surface area contributed by atoms with Crippen LogP contribution in [-0.4, -0.2) is 77.2 Å². The van der Waals surface area contributed by atoms with Gasteiger partial charge in [0, 0.05) is 36.4 Å². The molecule has 0 amide bonds. The van der Waals surface area contributed by atoms with Crippen molar-refractivity contribution in [1.82, 2.24) is 19.1 Å². The third-order valence-electron chi connectivity index (χ3n) is 9.91. The van der Waals surface area contributed by atoms with Crippen LogP contribution < -0.4 is 11.4 Å². The molecular formula is C40H44N4O10. The van der Waals surface area contributed by atoms with E-state index in [2.05, 4.69) is 29.0 Å². The van der Waals surface area contributed by atoms with Gasteiger partial charge in [0.25, 0.3) is 0 Å². The summed E-state index contributed by atoms with van der Waals surface area (Å²) < 4.78 is 25.3. The molecule has 4 aromatic heterocycles. The molecule has 2 aliphatic rings. The summed E-state index contributed by atoms with van der Waals surface area (Å²) in [6, 6.07) is 19.8. The first kappa shape index (κ1) is 37.4. The number of benzene rings is 2. The lowest BCUT2D eigenvalue weighted by atomic mass is 10.0. The minimum absolute atomic E-state index is 0.223. The van der Waals surface area contributed by atoms with E-state index in [4.69, 9.17) is 18.3 Å². The van der Waals surface area contributed by atoms with Gasteiger partial charge in [-0.1, -0.05) is 73.9 Å². The highest BCUT2D eigenvalue weighted by atomic mass is 16.5. The van der Waals surface area contributed by atoms with E-state index in [9.17, 15) is 30.0 Å². The molecule has 0 bridgehead atoms. The molecule has 14 heteroatoms. The number of aromatic nitrogens is 4. The number of nitrogens with zero attached hydrogens (tertiary/aromatic N) is 4.